The average molecular weight is 334 g/mol. The SMILES string of the molecule is COC(=O)c1cccc2[nH]c(C3(S(=O)(=O)O)C=CC=CC3)nc12. The minimum absolute atomic E-state index is 0.0374. The van der Waals surface area contributed by atoms with Crippen molar-refractivity contribution in [3.63, 3.8) is 0 Å². The zero-order valence-electron chi connectivity index (χ0n) is 12.2. The van der Waals surface area contributed by atoms with Crippen molar-refractivity contribution in [1.82, 2.24) is 9.97 Å². The lowest BCUT2D eigenvalue weighted by molar-refractivity contribution is 0.0603. The minimum atomic E-state index is -4.47. The summed E-state index contributed by atoms with van der Waals surface area (Å²) in [6.07, 6.45) is 6.26. The second-order valence-corrected chi connectivity index (χ2v) is 6.81. The van der Waals surface area contributed by atoms with E-state index in [1.165, 1.54) is 25.3 Å². The van der Waals surface area contributed by atoms with Crippen molar-refractivity contribution in [2.24, 2.45) is 0 Å². The van der Waals surface area contributed by atoms with Crippen LogP contribution in [-0.4, -0.2) is 36.0 Å². The predicted octanol–water partition coefficient (Wildman–Crippen LogP) is 1.95. The molecule has 0 saturated heterocycles. The molecule has 1 aliphatic rings. The summed E-state index contributed by atoms with van der Waals surface area (Å²) in [7, 11) is -3.22. The molecule has 0 fully saturated rings. The molecule has 1 aromatic carbocycles. The third-order valence-corrected chi connectivity index (χ3v) is 5.23. The number of allylic oxidation sites excluding steroid dienone is 3. The van der Waals surface area contributed by atoms with Gasteiger partial charge in [0.1, 0.15) is 11.3 Å². The maximum atomic E-state index is 12.0. The van der Waals surface area contributed by atoms with Gasteiger partial charge in [0.2, 0.25) is 0 Å². The molecule has 1 aliphatic carbocycles. The second kappa shape index (κ2) is 5.32. The number of methoxy groups -OCH3 is 1. The van der Waals surface area contributed by atoms with Crippen LogP contribution in [0.25, 0.3) is 11.0 Å². The molecule has 0 amide bonds. The highest BCUT2D eigenvalue weighted by molar-refractivity contribution is 7.87. The lowest BCUT2D eigenvalue weighted by atomic mass is 9.99. The number of carbonyl (C=O) groups is 1. The van der Waals surface area contributed by atoms with E-state index < -0.39 is 20.8 Å². The van der Waals surface area contributed by atoms with Crippen molar-refractivity contribution in [3.8, 4) is 0 Å². The summed E-state index contributed by atoms with van der Waals surface area (Å²) in [6.45, 7) is 0. The molecule has 1 aromatic heterocycles. The molecule has 0 radical (unpaired) electrons. The molecule has 0 spiro atoms. The maximum Gasteiger partial charge on any atom is 0.340 e. The van der Waals surface area contributed by atoms with E-state index in [-0.39, 0.29) is 17.8 Å². The molecule has 8 heteroatoms. The molecule has 3 rings (SSSR count). The monoisotopic (exact) mass is 334 g/mol. The number of aromatic nitrogens is 2. The van der Waals surface area contributed by atoms with Crippen molar-refractivity contribution in [1.29, 1.82) is 0 Å². The van der Waals surface area contributed by atoms with Crippen LogP contribution in [0.5, 0.6) is 0 Å². The fourth-order valence-electron chi connectivity index (χ4n) is 2.60. The zero-order valence-corrected chi connectivity index (χ0v) is 13.0. The van der Waals surface area contributed by atoms with Gasteiger partial charge in [0, 0.05) is 0 Å². The van der Waals surface area contributed by atoms with E-state index in [9.17, 15) is 17.8 Å². The Morgan fingerprint density at radius 2 is 2.17 bits per heavy atom. The van der Waals surface area contributed by atoms with Gasteiger partial charge in [0.15, 0.2) is 4.75 Å². The molecule has 0 aliphatic heterocycles. The summed E-state index contributed by atoms with van der Waals surface area (Å²) >= 11 is 0. The smallest absolute Gasteiger partial charge is 0.340 e. The highest BCUT2D eigenvalue weighted by Gasteiger charge is 2.45. The summed E-state index contributed by atoms with van der Waals surface area (Å²) in [5, 5.41) is 0. The number of para-hydroxylation sites is 1. The lowest BCUT2D eigenvalue weighted by Gasteiger charge is -2.25. The Kier molecular flexibility index (Phi) is 3.57. The number of carbonyl (C=O) groups excluding carboxylic acids is 1. The second-order valence-electron chi connectivity index (χ2n) is 5.13. The van der Waals surface area contributed by atoms with Gasteiger partial charge in [-0.2, -0.15) is 8.42 Å². The maximum absolute atomic E-state index is 12.0. The van der Waals surface area contributed by atoms with Crippen LogP contribution in [0, 0.1) is 0 Å². The van der Waals surface area contributed by atoms with Crippen LogP contribution in [-0.2, 0) is 19.6 Å². The van der Waals surface area contributed by atoms with Crippen LogP contribution in [0.4, 0.5) is 0 Å². The number of nitrogens with one attached hydrogen (secondary N) is 1. The number of fused-ring (bicyclic) bond motifs is 1. The molecule has 2 aromatic rings. The van der Waals surface area contributed by atoms with E-state index in [0.29, 0.717) is 11.0 Å². The van der Waals surface area contributed by atoms with Gasteiger partial charge in [-0.05, 0) is 18.6 Å². The lowest BCUT2D eigenvalue weighted by Crippen LogP contribution is -2.35. The van der Waals surface area contributed by atoms with Crippen LogP contribution >= 0.6 is 0 Å². The summed E-state index contributed by atoms with van der Waals surface area (Å²) < 4.78 is 36.7. The van der Waals surface area contributed by atoms with Gasteiger partial charge in [-0.25, -0.2) is 9.78 Å². The van der Waals surface area contributed by atoms with Crippen molar-refractivity contribution >= 4 is 27.1 Å². The van der Waals surface area contributed by atoms with Gasteiger partial charge in [-0.3, -0.25) is 4.55 Å². The van der Waals surface area contributed by atoms with Gasteiger partial charge in [-0.15, -0.1) is 0 Å². The largest absolute Gasteiger partial charge is 0.465 e. The van der Waals surface area contributed by atoms with E-state index in [0.717, 1.165) is 0 Å². The number of esters is 1. The van der Waals surface area contributed by atoms with Crippen LogP contribution in [0.1, 0.15) is 22.6 Å². The fraction of sp³-hybridized carbons (Fsp3) is 0.200. The number of benzene rings is 1. The number of rotatable bonds is 3. The minimum Gasteiger partial charge on any atom is -0.465 e. The van der Waals surface area contributed by atoms with E-state index in [2.05, 4.69) is 9.97 Å². The summed E-state index contributed by atoms with van der Waals surface area (Å²) in [5.74, 6) is -0.527. The normalized spacial score (nSPS) is 20.8. The molecule has 7 nitrogen and oxygen atoms in total. The van der Waals surface area contributed by atoms with E-state index in [1.807, 2.05) is 0 Å². The molecule has 1 heterocycles. The number of nitrogens with zero attached hydrogens (tertiary/aromatic N) is 1. The summed E-state index contributed by atoms with van der Waals surface area (Å²) in [5.41, 5.74) is 0.988. The van der Waals surface area contributed by atoms with Gasteiger partial charge in [0.25, 0.3) is 10.1 Å². The van der Waals surface area contributed by atoms with E-state index in [1.54, 1.807) is 24.3 Å². The third kappa shape index (κ3) is 2.36. The van der Waals surface area contributed by atoms with Gasteiger partial charge in [0.05, 0.1) is 18.2 Å². The summed E-state index contributed by atoms with van der Waals surface area (Å²) in [6, 6.07) is 4.83. The highest BCUT2D eigenvalue weighted by atomic mass is 32.2. The van der Waals surface area contributed by atoms with Gasteiger partial charge >= 0.3 is 5.97 Å². The molecular formula is C15H14N2O5S. The molecule has 0 bridgehead atoms. The van der Waals surface area contributed by atoms with E-state index in [4.69, 9.17) is 4.74 Å². The zero-order chi connectivity index (χ0) is 16.7. The standard InChI is InChI=1S/C15H14N2O5S/c1-22-13(18)10-6-5-7-11-12(10)17-14(16-11)15(23(19,20)21)8-3-2-4-9-15/h2-8H,9H2,1H3,(H,16,17)(H,19,20,21). The number of imidazole rings is 1. The Balaban J connectivity index is 2.26. The predicted molar refractivity (Wildman–Crippen MR) is 83.6 cm³/mol. The van der Waals surface area contributed by atoms with Crippen LogP contribution in [0.3, 0.4) is 0 Å². The Hall–Kier alpha value is -2.45. The molecule has 23 heavy (non-hydrogen) atoms. The average Bonchev–Trinajstić information content (AvgIpc) is 2.98. The Bertz CT molecular complexity index is 942. The molecule has 0 saturated carbocycles. The Morgan fingerprint density at radius 1 is 1.39 bits per heavy atom. The first kappa shape index (κ1) is 15.4. The van der Waals surface area contributed by atoms with Crippen LogP contribution < -0.4 is 0 Å². The van der Waals surface area contributed by atoms with Crippen molar-refractivity contribution in [3.05, 3.63) is 53.9 Å². The van der Waals surface area contributed by atoms with Crippen molar-refractivity contribution in [2.75, 3.05) is 7.11 Å². The molecule has 1 atom stereocenters. The topological polar surface area (TPSA) is 109 Å². The van der Waals surface area contributed by atoms with Crippen molar-refractivity contribution < 1.29 is 22.5 Å². The number of aromatic amines is 1. The first-order valence-electron chi connectivity index (χ1n) is 6.78. The molecule has 2 N–H and O–H groups in total. The number of H-pyrrole nitrogens is 1. The Morgan fingerprint density at radius 3 is 2.78 bits per heavy atom. The number of ether oxygens (including phenoxy) is 1. The quantitative estimate of drug-likeness (QED) is 0.656. The van der Waals surface area contributed by atoms with Gasteiger partial charge in [-0.1, -0.05) is 30.4 Å². The first-order valence-corrected chi connectivity index (χ1v) is 8.22. The van der Waals surface area contributed by atoms with Gasteiger partial charge < -0.3 is 9.72 Å². The Labute approximate surface area is 132 Å². The number of hydrogen-bond donors (Lipinski definition) is 2. The first-order chi connectivity index (χ1) is 10.9. The number of hydrogen-bond acceptors (Lipinski definition) is 5. The highest BCUT2D eigenvalue weighted by Crippen LogP contribution is 2.37. The van der Waals surface area contributed by atoms with Crippen LogP contribution in [0.2, 0.25) is 0 Å². The third-order valence-electron chi connectivity index (χ3n) is 3.81. The molecule has 120 valence electrons. The van der Waals surface area contributed by atoms with Crippen molar-refractivity contribution in [2.45, 2.75) is 11.2 Å². The molecule has 1 unspecified atom stereocenters. The van der Waals surface area contributed by atoms with E-state index >= 15 is 0 Å². The van der Waals surface area contributed by atoms with Crippen LogP contribution in [0.15, 0.2) is 42.5 Å². The molecular weight excluding hydrogens is 320 g/mol. The summed E-state index contributed by atoms with van der Waals surface area (Å²) in [4.78, 5) is 19.0. The fourth-order valence-corrected chi connectivity index (χ4v) is 3.50.